The lowest BCUT2D eigenvalue weighted by atomic mass is 9.72. The summed E-state index contributed by atoms with van der Waals surface area (Å²) in [6, 6.07) is 80.8. The van der Waals surface area contributed by atoms with E-state index >= 15 is 0 Å². The van der Waals surface area contributed by atoms with E-state index in [1.807, 2.05) is 0 Å². The van der Waals surface area contributed by atoms with Crippen LogP contribution in [0.2, 0.25) is 0 Å². The van der Waals surface area contributed by atoms with Crippen LogP contribution in [0.3, 0.4) is 0 Å². The molecular formula is C59H48N2. The van der Waals surface area contributed by atoms with Gasteiger partial charge >= 0.3 is 0 Å². The fraction of sp³-hybridized carbons (Fsp3) is 0.119. The van der Waals surface area contributed by atoms with Crippen molar-refractivity contribution in [2.75, 3.05) is 9.80 Å². The summed E-state index contributed by atoms with van der Waals surface area (Å²) >= 11 is 0. The molecule has 9 aromatic carbocycles. The van der Waals surface area contributed by atoms with Crippen molar-refractivity contribution in [3.05, 3.63) is 230 Å². The van der Waals surface area contributed by atoms with Crippen molar-refractivity contribution in [2.24, 2.45) is 0 Å². The lowest BCUT2D eigenvalue weighted by Crippen LogP contribution is -2.25. The molecule has 0 aromatic heterocycles. The first-order chi connectivity index (χ1) is 30.2. The van der Waals surface area contributed by atoms with Crippen molar-refractivity contribution >= 4 is 44.9 Å². The fourth-order valence-electron chi connectivity index (χ4n) is 10.4. The molecule has 0 atom stereocenters. The third-order valence-electron chi connectivity index (χ3n) is 13.2. The molecule has 0 amide bonds. The van der Waals surface area contributed by atoms with Gasteiger partial charge in [-0.1, -0.05) is 177 Å². The molecule has 2 aliphatic rings. The van der Waals surface area contributed by atoms with Gasteiger partial charge in [0.25, 0.3) is 0 Å². The Morgan fingerprint density at radius 2 is 0.820 bits per heavy atom. The number of benzene rings is 9. The van der Waals surface area contributed by atoms with Gasteiger partial charge in [0.05, 0.1) is 11.4 Å². The predicted octanol–water partition coefficient (Wildman–Crippen LogP) is 16.7. The van der Waals surface area contributed by atoms with Gasteiger partial charge in [-0.2, -0.15) is 0 Å². The fourth-order valence-corrected chi connectivity index (χ4v) is 10.4. The number of para-hydroxylation sites is 3. The molecule has 0 N–H and O–H groups in total. The van der Waals surface area contributed by atoms with E-state index in [9.17, 15) is 0 Å². The summed E-state index contributed by atoms with van der Waals surface area (Å²) in [5.41, 5.74) is 17.4. The third-order valence-corrected chi connectivity index (χ3v) is 13.2. The Bertz CT molecular complexity index is 2920. The molecular weight excluding hydrogens is 737 g/mol. The smallest absolute Gasteiger partial charge is 0.0708 e. The molecule has 0 aliphatic heterocycles. The van der Waals surface area contributed by atoms with Crippen molar-refractivity contribution in [1.29, 1.82) is 0 Å². The number of rotatable bonds is 8. The lowest BCUT2D eigenvalue weighted by molar-refractivity contribution is 0.456. The Balaban J connectivity index is 1.21. The minimum Gasteiger partial charge on any atom is -0.308 e. The third kappa shape index (κ3) is 6.60. The average molecular weight is 785 g/mol. The summed E-state index contributed by atoms with van der Waals surface area (Å²) in [5.74, 6) is 0. The number of nitrogens with zero attached hydrogens (tertiary/aromatic N) is 2. The van der Waals surface area contributed by atoms with Gasteiger partial charge in [0, 0.05) is 28.2 Å². The lowest BCUT2D eigenvalue weighted by Gasteiger charge is -2.36. The van der Waals surface area contributed by atoms with Gasteiger partial charge in [-0.25, -0.2) is 0 Å². The van der Waals surface area contributed by atoms with Gasteiger partial charge in [-0.3, -0.25) is 0 Å². The molecule has 2 aliphatic carbocycles. The summed E-state index contributed by atoms with van der Waals surface area (Å²) in [6.07, 6.45) is 7.30. The van der Waals surface area contributed by atoms with Gasteiger partial charge in [0.1, 0.15) is 0 Å². The molecule has 0 unspecified atom stereocenters. The summed E-state index contributed by atoms with van der Waals surface area (Å²) in [5, 5.41) is 2.50. The second-order valence-corrected chi connectivity index (χ2v) is 16.8. The van der Waals surface area contributed by atoms with E-state index in [4.69, 9.17) is 0 Å². The van der Waals surface area contributed by atoms with E-state index in [2.05, 4.69) is 228 Å². The van der Waals surface area contributed by atoms with Crippen molar-refractivity contribution in [3.8, 4) is 33.4 Å². The zero-order chi connectivity index (χ0) is 40.6. The SMILES string of the molecule is c1ccc(-c2ccc3c(c2)C2(CCCCCC2)c2cc(N(c4ccccc4)c4cccc(-c5cccc6ccccc56)c4)c(N(c4ccccc4)c4ccccc4)cc2-3)cc1. The molecule has 2 heteroatoms. The van der Waals surface area contributed by atoms with Gasteiger partial charge in [0.15, 0.2) is 0 Å². The van der Waals surface area contributed by atoms with E-state index in [0.29, 0.717) is 0 Å². The summed E-state index contributed by atoms with van der Waals surface area (Å²) in [6.45, 7) is 0. The first-order valence-electron chi connectivity index (χ1n) is 22.0. The Kier molecular flexibility index (Phi) is 9.55. The maximum Gasteiger partial charge on any atom is 0.0708 e. The highest BCUT2D eigenvalue weighted by Crippen LogP contribution is 2.59. The first-order valence-corrected chi connectivity index (χ1v) is 22.0. The van der Waals surface area contributed by atoms with Crippen LogP contribution in [-0.2, 0) is 5.41 Å². The molecule has 1 saturated carbocycles. The van der Waals surface area contributed by atoms with Crippen LogP contribution in [0.1, 0.15) is 49.7 Å². The highest BCUT2D eigenvalue weighted by atomic mass is 15.2. The minimum absolute atomic E-state index is 0.0866. The molecule has 0 saturated heterocycles. The highest BCUT2D eigenvalue weighted by molar-refractivity contribution is 6.00. The molecule has 61 heavy (non-hydrogen) atoms. The largest absolute Gasteiger partial charge is 0.308 e. The van der Waals surface area contributed by atoms with Crippen LogP contribution < -0.4 is 9.80 Å². The Morgan fingerprint density at radius 3 is 1.49 bits per heavy atom. The quantitative estimate of drug-likeness (QED) is 0.151. The number of anilines is 6. The normalized spacial score (nSPS) is 14.0. The van der Waals surface area contributed by atoms with Gasteiger partial charge < -0.3 is 9.80 Å². The topological polar surface area (TPSA) is 6.48 Å². The molecule has 0 bridgehead atoms. The minimum atomic E-state index is -0.0866. The molecule has 0 radical (unpaired) electrons. The van der Waals surface area contributed by atoms with Crippen LogP contribution in [-0.4, -0.2) is 0 Å². The van der Waals surface area contributed by atoms with Crippen molar-refractivity contribution in [1.82, 2.24) is 0 Å². The number of hydrogen-bond acceptors (Lipinski definition) is 2. The van der Waals surface area contributed by atoms with E-state index in [0.717, 1.165) is 47.0 Å². The van der Waals surface area contributed by atoms with Crippen LogP contribution in [0.25, 0.3) is 44.2 Å². The molecule has 1 fully saturated rings. The average Bonchev–Trinajstić information content (AvgIpc) is 3.43. The zero-order valence-corrected chi connectivity index (χ0v) is 34.4. The van der Waals surface area contributed by atoms with Crippen LogP contribution in [0, 0.1) is 0 Å². The maximum atomic E-state index is 2.61. The van der Waals surface area contributed by atoms with Crippen LogP contribution in [0.4, 0.5) is 34.1 Å². The summed E-state index contributed by atoms with van der Waals surface area (Å²) < 4.78 is 0. The standard InChI is InChI=1S/C59H48N2/c1-2-18-38-59(37-17-1)55-40-45(43-21-7-3-8-22-43)35-36-53(55)54-41-57(60(47-26-9-4-10-27-47)48-28-11-5-12-29-48)58(42-56(54)59)61(49-30-13-6-14-31-49)50-32-19-25-46(39-50)52-34-20-24-44-23-15-16-33-51(44)52/h3-16,19-36,39-42H,1-2,17-18,37-38H2. The predicted molar refractivity (Wildman–Crippen MR) is 258 cm³/mol. The first kappa shape index (κ1) is 36.9. The van der Waals surface area contributed by atoms with Crippen molar-refractivity contribution in [3.63, 3.8) is 0 Å². The van der Waals surface area contributed by atoms with E-state index in [1.165, 1.54) is 81.0 Å². The summed E-state index contributed by atoms with van der Waals surface area (Å²) in [4.78, 5) is 4.99. The van der Waals surface area contributed by atoms with E-state index < -0.39 is 0 Å². The van der Waals surface area contributed by atoms with Gasteiger partial charge in [-0.05, 0) is 135 Å². The van der Waals surface area contributed by atoms with Crippen LogP contribution >= 0.6 is 0 Å². The molecule has 2 nitrogen and oxygen atoms in total. The molecule has 1 spiro atoms. The zero-order valence-electron chi connectivity index (χ0n) is 34.4. The molecule has 0 heterocycles. The second-order valence-electron chi connectivity index (χ2n) is 16.8. The monoisotopic (exact) mass is 784 g/mol. The van der Waals surface area contributed by atoms with E-state index in [1.54, 1.807) is 0 Å². The number of fused-ring (bicyclic) bond motifs is 6. The molecule has 9 aromatic rings. The Morgan fingerprint density at radius 1 is 0.311 bits per heavy atom. The maximum absolute atomic E-state index is 2.61. The highest BCUT2D eigenvalue weighted by Gasteiger charge is 2.44. The van der Waals surface area contributed by atoms with Gasteiger partial charge in [0.2, 0.25) is 0 Å². The summed E-state index contributed by atoms with van der Waals surface area (Å²) in [7, 11) is 0. The molecule has 294 valence electrons. The van der Waals surface area contributed by atoms with Crippen LogP contribution in [0.5, 0.6) is 0 Å². The van der Waals surface area contributed by atoms with E-state index in [-0.39, 0.29) is 5.41 Å². The Labute approximate surface area is 360 Å². The second kappa shape index (κ2) is 15.8. The molecule has 11 rings (SSSR count). The Hall–Kier alpha value is -7.16. The van der Waals surface area contributed by atoms with Crippen molar-refractivity contribution in [2.45, 2.75) is 43.9 Å². The van der Waals surface area contributed by atoms with Gasteiger partial charge in [-0.15, -0.1) is 0 Å². The number of hydrogen-bond donors (Lipinski definition) is 0. The van der Waals surface area contributed by atoms with Crippen LogP contribution in [0.15, 0.2) is 218 Å². The van der Waals surface area contributed by atoms with Crippen molar-refractivity contribution < 1.29 is 0 Å².